The van der Waals surface area contributed by atoms with E-state index in [1.165, 1.54) is 0 Å². The van der Waals surface area contributed by atoms with Crippen LogP contribution in [0.4, 0.5) is 0 Å². The number of carbonyl (C=O) groups excluding carboxylic acids is 2. The van der Waals surface area contributed by atoms with E-state index in [0.29, 0.717) is 40.3 Å². The molecule has 35 heavy (non-hydrogen) atoms. The fourth-order valence-corrected chi connectivity index (χ4v) is 3.63. The zero-order valence-electron chi connectivity index (χ0n) is 19.2. The Morgan fingerprint density at radius 1 is 0.886 bits per heavy atom. The molecule has 3 aromatic rings. The molecular formula is C26H26BrN3O4S. The summed E-state index contributed by atoms with van der Waals surface area (Å²) in [5.41, 5.74) is 6.73. The molecule has 0 radical (unpaired) electrons. The molecular weight excluding hydrogens is 530 g/mol. The second-order valence-corrected chi connectivity index (χ2v) is 8.74. The number of benzene rings is 3. The molecule has 0 aromatic heterocycles. The SMILES string of the molecule is CCCCOc1ccc(C(=O)NC(=S)NNC(=O)c2ccccc2OCc2ccccc2)cc1Br. The van der Waals surface area contributed by atoms with Crippen LogP contribution in [-0.2, 0) is 6.61 Å². The van der Waals surface area contributed by atoms with Gasteiger partial charge in [-0.3, -0.25) is 25.8 Å². The highest BCUT2D eigenvalue weighted by atomic mass is 79.9. The van der Waals surface area contributed by atoms with Crippen LogP contribution >= 0.6 is 28.1 Å². The average molecular weight is 556 g/mol. The van der Waals surface area contributed by atoms with Crippen molar-refractivity contribution in [2.45, 2.75) is 26.4 Å². The largest absolute Gasteiger partial charge is 0.492 e. The van der Waals surface area contributed by atoms with Gasteiger partial charge >= 0.3 is 0 Å². The van der Waals surface area contributed by atoms with Crippen molar-refractivity contribution in [1.29, 1.82) is 0 Å². The van der Waals surface area contributed by atoms with Gasteiger partial charge in [-0.2, -0.15) is 0 Å². The first kappa shape index (κ1) is 26.2. The molecule has 0 saturated heterocycles. The quantitative estimate of drug-likeness (QED) is 0.192. The van der Waals surface area contributed by atoms with Gasteiger partial charge in [-0.25, -0.2) is 0 Å². The van der Waals surface area contributed by atoms with Crippen molar-refractivity contribution in [3.8, 4) is 11.5 Å². The van der Waals surface area contributed by atoms with Crippen LogP contribution < -0.4 is 25.6 Å². The summed E-state index contributed by atoms with van der Waals surface area (Å²) in [5, 5.41) is 2.49. The van der Waals surface area contributed by atoms with Gasteiger partial charge in [-0.1, -0.05) is 55.8 Å². The Morgan fingerprint density at radius 2 is 1.63 bits per heavy atom. The molecule has 0 fully saturated rings. The molecule has 0 heterocycles. The summed E-state index contributed by atoms with van der Waals surface area (Å²) in [6.07, 6.45) is 1.98. The Labute approximate surface area is 218 Å². The zero-order valence-corrected chi connectivity index (χ0v) is 21.6. The molecule has 182 valence electrons. The van der Waals surface area contributed by atoms with E-state index in [-0.39, 0.29) is 5.11 Å². The van der Waals surface area contributed by atoms with Crippen LogP contribution in [0.25, 0.3) is 0 Å². The lowest BCUT2D eigenvalue weighted by molar-refractivity contribution is 0.0930. The zero-order chi connectivity index (χ0) is 25.0. The molecule has 3 N–H and O–H groups in total. The molecule has 0 atom stereocenters. The number of thiocarbonyl (C=S) groups is 1. The fourth-order valence-electron chi connectivity index (χ4n) is 2.99. The second-order valence-electron chi connectivity index (χ2n) is 7.48. The van der Waals surface area contributed by atoms with Crippen LogP contribution in [0.2, 0.25) is 0 Å². The summed E-state index contributed by atoms with van der Waals surface area (Å²) in [5.74, 6) is 0.207. The standard InChI is InChI=1S/C26H26BrN3O4S/c1-2-3-15-33-23-14-13-19(16-21(23)27)24(31)28-26(35)30-29-25(32)20-11-7-8-12-22(20)34-17-18-9-5-4-6-10-18/h4-14,16H,2-3,15,17H2,1H3,(H,29,32)(H2,28,30,31,35). The van der Waals surface area contributed by atoms with Crippen LogP contribution in [-0.4, -0.2) is 23.5 Å². The number of para-hydroxylation sites is 1. The van der Waals surface area contributed by atoms with Crippen molar-refractivity contribution in [1.82, 2.24) is 16.2 Å². The van der Waals surface area contributed by atoms with E-state index in [1.807, 2.05) is 30.3 Å². The Morgan fingerprint density at radius 3 is 2.37 bits per heavy atom. The Bertz CT molecular complexity index is 1170. The minimum absolute atomic E-state index is 0.0505. The highest BCUT2D eigenvalue weighted by Crippen LogP contribution is 2.26. The van der Waals surface area contributed by atoms with Gasteiger partial charge in [0.25, 0.3) is 11.8 Å². The number of nitrogens with one attached hydrogen (secondary N) is 3. The van der Waals surface area contributed by atoms with Crippen LogP contribution in [0.1, 0.15) is 46.0 Å². The van der Waals surface area contributed by atoms with Crippen molar-refractivity contribution in [2.75, 3.05) is 6.61 Å². The molecule has 0 aliphatic heterocycles. The maximum atomic E-state index is 12.7. The first-order valence-corrected chi connectivity index (χ1v) is 12.3. The lowest BCUT2D eigenvalue weighted by atomic mass is 10.2. The van der Waals surface area contributed by atoms with Crippen LogP contribution in [0, 0.1) is 0 Å². The highest BCUT2D eigenvalue weighted by Gasteiger charge is 2.14. The molecule has 3 aromatic carbocycles. The van der Waals surface area contributed by atoms with E-state index >= 15 is 0 Å². The number of ether oxygens (including phenoxy) is 2. The van der Waals surface area contributed by atoms with Crippen LogP contribution in [0.15, 0.2) is 77.3 Å². The van der Waals surface area contributed by atoms with Crippen LogP contribution in [0.3, 0.4) is 0 Å². The monoisotopic (exact) mass is 555 g/mol. The van der Waals surface area contributed by atoms with Crippen molar-refractivity contribution < 1.29 is 19.1 Å². The molecule has 0 aliphatic rings. The fraction of sp³-hybridized carbons (Fsp3) is 0.192. The molecule has 0 aliphatic carbocycles. The third-order valence-electron chi connectivity index (χ3n) is 4.83. The summed E-state index contributed by atoms with van der Waals surface area (Å²) in [7, 11) is 0. The van der Waals surface area contributed by atoms with E-state index < -0.39 is 11.8 Å². The summed E-state index contributed by atoms with van der Waals surface area (Å²) in [6, 6.07) is 21.5. The topological polar surface area (TPSA) is 88.7 Å². The number of rotatable bonds is 9. The van der Waals surface area contributed by atoms with Crippen LogP contribution in [0.5, 0.6) is 11.5 Å². The number of hydrogen-bond acceptors (Lipinski definition) is 5. The molecule has 7 nitrogen and oxygen atoms in total. The number of hydrazine groups is 1. The summed E-state index contributed by atoms with van der Waals surface area (Å²) < 4.78 is 12.2. The molecule has 9 heteroatoms. The van der Waals surface area contributed by atoms with E-state index in [0.717, 1.165) is 18.4 Å². The lowest BCUT2D eigenvalue weighted by Gasteiger charge is -2.14. The lowest BCUT2D eigenvalue weighted by Crippen LogP contribution is -2.48. The highest BCUT2D eigenvalue weighted by molar-refractivity contribution is 9.10. The molecule has 2 amide bonds. The van der Waals surface area contributed by atoms with E-state index in [1.54, 1.807) is 42.5 Å². The molecule has 0 saturated carbocycles. The van der Waals surface area contributed by atoms with Gasteiger partial charge in [0.1, 0.15) is 18.1 Å². The summed E-state index contributed by atoms with van der Waals surface area (Å²) in [4.78, 5) is 25.2. The molecule has 0 unspecified atom stereocenters. The maximum Gasteiger partial charge on any atom is 0.273 e. The van der Waals surface area contributed by atoms with Crippen molar-refractivity contribution >= 4 is 45.1 Å². The van der Waals surface area contributed by atoms with Gasteiger partial charge in [-0.05, 0) is 70.5 Å². The van der Waals surface area contributed by atoms with Crippen molar-refractivity contribution in [3.63, 3.8) is 0 Å². The number of amides is 2. The molecule has 0 spiro atoms. The first-order valence-electron chi connectivity index (χ1n) is 11.1. The number of unbranched alkanes of at least 4 members (excludes halogenated alkanes) is 1. The van der Waals surface area contributed by atoms with E-state index in [4.69, 9.17) is 21.7 Å². The smallest absolute Gasteiger partial charge is 0.273 e. The predicted molar refractivity (Wildman–Crippen MR) is 142 cm³/mol. The minimum atomic E-state index is -0.457. The maximum absolute atomic E-state index is 12.7. The summed E-state index contributed by atoms with van der Waals surface area (Å²) >= 11 is 8.57. The van der Waals surface area contributed by atoms with Gasteiger partial charge in [0, 0.05) is 5.56 Å². The van der Waals surface area contributed by atoms with Gasteiger partial charge in [-0.15, -0.1) is 0 Å². The number of hydrogen-bond donors (Lipinski definition) is 3. The Balaban J connectivity index is 1.52. The third-order valence-corrected chi connectivity index (χ3v) is 5.66. The molecule has 3 rings (SSSR count). The predicted octanol–water partition coefficient (Wildman–Crippen LogP) is 5.16. The van der Waals surface area contributed by atoms with Gasteiger partial charge in [0.15, 0.2) is 5.11 Å². The normalized spacial score (nSPS) is 10.2. The number of carbonyl (C=O) groups is 2. The van der Waals surface area contributed by atoms with Gasteiger partial charge < -0.3 is 9.47 Å². The summed E-state index contributed by atoms with van der Waals surface area (Å²) in [6.45, 7) is 3.02. The van der Waals surface area contributed by atoms with Crippen molar-refractivity contribution in [2.24, 2.45) is 0 Å². The van der Waals surface area contributed by atoms with E-state index in [9.17, 15) is 9.59 Å². The van der Waals surface area contributed by atoms with Gasteiger partial charge in [0.05, 0.1) is 16.6 Å². The Kier molecular flexibility index (Phi) is 10.1. The minimum Gasteiger partial charge on any atom is -0.492 e. The van der Waals surface area contributed by atoms with Crippen molar-refractivity contribution in [3.05, 3.63) is 94.0 Å². The van der Waals surface area contributed by atoms with Gasteiger partial charge in [0.2, 0.25) is 0 Å². The first-order chi connectivity index (χ1) is 17.0. The molecule has 0 bridgehead atoms. The third kappa shape index (κ3) is 8.08. The number of halogens is 1. The average Bonchev–Trinajstić information content (AvgIpc) is 2.87. The Hall–Kier alpha value is -3.43. The second kappa shape index (κ2) is 13.5. The van der Waals surface area contributed by atoms with E-state index in [2.05, 4.69) is 39.0 Å².